The van der Waals surface area contributed by atoms with Gasteiger partial charge in [-0.3, -0.25) is 4.72 Å². The van der Waals surface area contributed by atoms with Crippen molar-refractivity contribution in [1.82, 2.24) is 0 Å². The van der Waals surface area contributed by atoms with Gasteiger partial charge in [-0.15, -0.1) is 0 Å². The van der Waals surface area contributed by atoms with Crippen molar-refractivity contribution in [2.75, 3.05) is 10.5 Å². The van der Waals surface area contributed by atoms with Crippen molar-refractivity contribution in [2.45, 2.75) is 11.8 Å². The molecule has 0 heterocycles. The van der Waals surface area contributed by atoms with Crippen molar-refractivity contribution >= 4 is 37.3 Å². The van der Waals surface area contributed by atoms with E-state index in [2.05, 4.69) is 20.7 Å². The van der Waals surface area contributed by atoms with E-state index in [-0.39, 0.29) is 21.8 Å². The SMILES string of the molecule is Cc1cccc(NS(=O)(=O)c2ccc(Br)cc2N)c1C#N. The number of rotatable bonds is 3. The Balaban J connectivity index is 2.48. The first kappa shape index (κ1) is 15.4. The molecule has 2 aromatic carbocycles. The average Bonchev–Trinajstić information content (AvgIpc) is 2.38. The molecule has 0 amide bonds. The van der Waals surface area contributed by atoms with Crippen molar-refractivity contribution in [3.8, 4) is 6.07 Å². The third kappa shape index (κ3) is 3.17. The van der Waals surface area contributed by atoms with Crippen LogP contribution in [0.15, 0.2) is 45.8 Å². The van der Waals surface area contributed by atoms with E-state index in [9.17, 15) is 8.42 Å². The van der Waals surface area contributed by atoms with Gasteiger partial charge in [0.2, 0.25) is 0 Å². The molecule has 0 fully saturated rings. The molecule has 21 heavy (non-hydrogen) atoms. The topological polar surface area (TPSA) is 96.0 Å². The number of nitrogens with one attached hydrogen (secondary N) is 1. The minimum Gasteiger partial charge on any atom is -0.398 e. The van der Waals surface area contributed by atoms with Gasteiger partial charge in [0.1, 0.15) is 11.0 Å². The highest BCUT2D eigenvalue weighted by Gasteiger charge is 2.19. The van der Waals surface area contributed by atoms with Crippen LogP contribution in [0.25, 0.3) is 0 Å². The molecule has 3 N–H and O–H groups in total. The van der Waals surface area contributed by atoms with Crippen LogP contribution in [0.1, 0.15) is 11.1 Å². The maximum atomic E-state index is 12.4. The number of aryl methyl sites for hydroxylation is 1. The maximum Gasteiger partial charge on any atom is 0.263 e. The predicted molar refractivity (Wildman–Crippen MR) is 85.3 cm³/mol. The maximum absolute atomic E-state index is 12.4. The lowest BCUT2D eigenvalue weighted by Gasteiger charge is -2.12. The monoisotopic (exact) mass is 365 g/mol. The quantitative estimate of drug-likeness (QED) is 0.817. The first-order valence-corrected chi connectivity index (χ1v) is 8.20. The highest BCUT2D eigenvalue weighted by molar-refractivity contribution is 9.10. The lowest BCUT2D eigenvalue weighted by Crippen LogP contribution is -2.15. The van der Waals surface area contributed by atoms with E-state index in [4.69, 9.17) is 11.0 Å². The van der Waals surface area contributed by atoms with Crippen LogP contribution >= 0.6 is 15.9 Å². The molecule has 0 aliphatic rings. The number of sulfonamides is 1. The van der Waals surface area contributed by atoms with Gasteiger partial charge in [-0.1, -0.05) is 28.1 Å². The van der Waals surface area contributed by atoms with Crippen LogP contribution in [0.2, 0.25) is 0 Å². The van der Waals surface area contributed by atoms with Gasteiger partial charge in [-0.25, -0.2) is 8.42 Å². The third-order valence-corrected chi connectivity index (χ3v) is 4.82. The van der Waals surface area contributed by atoms with Crippen LogP contribution in [0.4, 0.5) is 11.4 Å². The molecule has 0 aromatic heterocycles. The Kier molecular flexibility index (Phi) is 4.21. The van der Waals surface area contributed by atoms with Crippen molar-refractivity contribution in [3.05, 3.63) is 52.0 Å². The average molecular weight is 366 g/mol. The summed E-state index contributed by atoms with van der Waals surface area (Å²) in [4.78, 5) is -0.0314. The van der Waals surface area contributed by atoms with E-state index in [1.165, 1.54) is 18.2 Å². The van der Waals surface area contributed by atoms with E-state index in [1.807, 2.05) is 6.07 Å². The molecule has 0 saturated heterocycles. The molecule has 0 radical (unpaired) electrons. The molecule has 0 aliphatic carbocycles. The van der Waals surface area contributed by atoms with E-state index in [1.54, 1.807) is 25.1 Å². The molecule has 5 nitrogen and oxygen atoms in total. The molecule has 108 valence electrons. The van der Waals surface area contributed by atoms with Gasteiger partial charge in [0.25, 0.3) is 10.0 Å². The van der Waals surface area contributed by atoms with Crippen molar-refractivity contribution < 1.29 is 8.42 Å². The number of nitriles is 1. The Bertz CT molecular complexity index is 842. The normalized spacial score (nSPS) is 10.9. The molecule has 0 atom stereocenters. The predicted octanol–water partition coefficient (Wildman–Crippen LogP) is 3.01. The molecule has 0 spiro atoms. The Morgan fingerprint density at radius 2 is 2.00 bits per heavy atom. The number of anilines is 2. The Morgan fingerprint density at radius 1 is 1.29 bits per heavy atom. The summed E-state index contributed by atoms with van der Waals surface area (Å²) < 4.78 is 27.9. The number of nitrogen functional groups attached to an aromatic ring is 1. The fraction of sp³-hybridized carbons (Fsp3) is 0.0714. The van der Waals surface area contributed by atoms with Crippen LogP contribution in [0.3, 0.4) is 0 Å². The second-order valence-corrected chi connectivity index (χ2v) is 6.96. The van der Waals surface area contributed by atoms with Crippen molar-refractivity contribution in [3.63, 3.8) is 0 Å². The van der Waals surface area contributed by atoms with Gasteiger partial charge in [0.05, 0.1) is 16.9 Å². The van der Waals surface area contributed by atoms with Crippen molar-refractivity contribution in [1.29, 1.82) is 5.26 Å². The van der Waals surface area contributed by atoms with Crippen LogP contribution < -0.4 is 10.5 Å². The van der Waals surface area contributed by atoms with E-state index in [0.717, 1.165) is 0 Å². The van der Waals surface area contributed by atoms with Crippen LogP contribution in [0, 0.1) is 18.3 Å². The summed E-state index contributed by atoms with van der Waals surface area (Å²) in [6.07, 6.45) is 0. The van der Waals surface area contributed by atoms with Gasteiger partial charge in [0.15, 0.2) is 0 Å². The molecule has 0 unspecified atom stereocenters. The van der Waals surface area contributed by atoms with E-state index < -0.39 is 10.0 Å². The van der Waals surface area contributed by atoms with E-state index >= 15 is 0 Å². The number of halogens is 1. The third-order valence-electron chi connectivity index (χ3n) is 2.89. The summed E-state index contributed by atoms with van der Waals surface area (Å²) in [6.45, 7) is 1.74. The first-order valence-electron chi connectivity index (χ1n) is 5.92. The second-order valence-electron chi connectivity index (χ2n) is 4.40. The second kappa shape index (κ2) is 5.76. The summed E-state index contributed by atoms with van der Waals surface area (Å²) in [7, 11) is -3.86. The lowest BCUT2D eigenvalue weighted by atomic mass is 10.1. The zero-order chi connectivity index (χ0) is 15.6. The Hall–Kier alpha value is -2.04. The summed E-state index contributed by atoms with van der Waals surface area (Å²) in [5, 5.41) is 9.14. The number of nitrogens with two attached hydrogens (primary N) is 1. The zero-order valence-corrected chi connectivity index (χ0v) is 13.5. The minimum absolute atomic E-state index is 0.0314. The number of hydrogen-bond acceptors (Lipinski definition) is 4. The Labute approximate surface area is 131 Å². The fourth-order valence-electron chi connectivity index (χ4n) is 1.86. The molecule has 0 aliphatic heterocycles. The molecule has 2 aromatic rings. The minimum atomic E-state index is -3.86. The molecule has 0 bridgehead atoms. The largest absolute Gasteiger partial charge is 0.398 e. The van der Waals surface area contributed by atoms with Crippen LogP contribution in [0.5, 0.6) is 0 Å². The van der Waals surface area contributed by atoms with Crippen LogP contribution in [-0.2, 0) is 10.0 Å². The fourth-order valence-corrected chi connectivity index (χ4v) is 3.43. The van der Waals surface area contributed by atoms with Crippen molar-refractivity contribution in [2.24, 2.45) is 0 Å². The van der Waals surface area contributed by atoms with Gasteiger partial charge < -0.3 is 5.73 Å². The molecule has 2 rings (SSSR count). The van der Waals surface area contributed by atoms with Gasteiger partial charge in [-0.05, 0) is 36.8 Å². The lowest BCUT2D eigenvalue weighted by molar-refractivity contribution is 0.601. The van der Waals surface area contributed by atoms with E-state index in [0.29, 0.717) is 10.0 Å². The number of benzene rings is 2. The number of hydrogen-bond donors (Lipinski definition) is 2. The van der Waals surface area contributed by atoms with Crippen LogP contribution in [-0.4, -0.2) is 8.42 Å². The molecular formula is C14H12BrN3O2S. The standard InChI is InChI=1S/C14H12BrN3O2S/c1-9-3-2-4-13(11(9)8-16)18-21(19,20)14-6-5-10(15)7-12(14)17/h2-7,18H,17H2,1H3. The smallest absolute Gasteiger partial charge is 0.263 e. The van der Waals surface area contributed by atoms with Gasteiger partial charge >= 0.3 is 0 Å². The first-order chi connectivity index (χ1) is 9.85. The zero-order valence-electron chi connectivity index (χ0n) is 11.1. The Morgan fingerprint density at radius 3 is 2.62 bits per heavy atom. The highest BCUT2D eigenvalue weighted by Crippen LogP contribution is 2.26. The molecule has 0 saturated carbocycles. The highest BCUT2D eigenvalue weighted by atomic mass is 79.9. The molecule has 7 heteroatoms. The van der Waals surface area contributed by atoms with Gasteiger partial charge in [-0.2, -0.15) is 5.26 Å². The summed E-state index contributed by atoms with van der Waals surface area (Å²) in [5.74, 6) is 0. The summed E-state index contributed by atoms with van der Waals surface area (Å²) in [6, 6.07) is 11.5. The number of nitrogens with zero attached hydrogens (tertiary/aromatic N) is 1. The molecular weight excluding hydrogens is 354 g/mol. The van der Waals surface area contributed by atoms with Gasteiger partial charge in [0, 0.05) is 4.47 Å². The summed E-state index contributed by atoms with van der Waals surface area (Å²) >= 11 is 3.22. The summed E-state index contributed by atoms with van der Waals surface area (Å²) in [5.41, 5.74) is 7.10.